The number of hydrogen-bond acceptors (Lipinski definition) is 4. The molecule has 2 aliphatic carbocycles. The zero-order chi connectivity index (χ0) is 21.9. The van der Waals surface area contributed by atoms with E-state index in [1.165, 1.54) is 5.57 Å². The Morgan fingerprint density at radius 3 is 2.62 bits per heavy atom. The Morgan fingerprint density at radius 1 is 1.31 bits per heavy atom. The van der Waals surface area contributed by atoms with Crippen LogP contribution in [0.5, 0.6) is 0 Å². The van der Waals surface area contributed by atoms with Crippen LogP contribution in [0.15, 0.2) is 24.8 Å². The van der Waals surface area contributed by atoms with E-state index in [4.69, 9.17) is 9.84 Å². The third kappa shape index (κ3) is 5.50. The first kappa shape index (κ1) is 23.7. The molecular weight excluding hydrogens is 368 g/mol. The van der Waals surface area contributed by atoms with Crippen molar-refractivity contribution in [1.82, 2.24) is 0 Å². The van der Waals surface area contributed by atoms with Crippen LogP contribution in [-0.4, -0.2) is 34.4 Å². The van der Waals surface area contributed by atoms with E-state index in [2.05, 4.69) is 27.0 Å². The van der Waals surface area contributed by atoms with E-state index in [9.17, 15) is 14.7 Å². The molecule has 0 aromatic rings. The number of rotatable bonds is 9. The Morgan fingerprint density at radius 2 is 2.00 bits per heavy atom. The van der Waals surface area contributed by atoms with Gasteiger partial charge in [0.05, 0.1) is 25.0 Å². The van der Waals surface area contributed by atoms with Gasteiger partial charge in [-0.15, -0.1) is 6.58 Å². The summed E-state index contributed by atoms with van der Waals surface area (Å²) in [4.78, 5) is 22.7. The third-order valence-electron chi connectivity index (χ3n) is 7.63. The average molecular weight is 407 g/mol. The molecule has 29 heavy (non-hydrogen) atoms. The highest BCUT2D eigenvalue weighted by Crippen LogP contribution is 2.62. The molecule has 5 heteroatoms. The highest BCUT2D eigenvalue weighted by atomic mass is 16.5. The number of carbonyl (C=O) groups excluding carboxylic acids is 1. The van der Waals surface area contributed by atoms with E-state index < -0.39 is 17.5 Å². The molecule has 0 saturated heterocycles. The number of aliphatic carboxylic acids is 1. The predicted octanol–water partition coefficient (Wildman–Crippen LogP) is 4.89. The highest BCUT2D eigenvalue weighted by Gasteiger charge is 2.54. The number of allylic oxidation sites excluding steroid dienone is 1. The van der Waals surface area contributed by atoms with Crippen LogP contribution < -0.4 is 0 Å². The number of ether oxygens (including phenoxy) is 1. The molecule has 2 rings (SSSR count). The van der Waals surface area contributed by atoms with Gasteiger partial charge in [-0.1, -0.05) is 38.5 Å². The van der Waals surface area contributed by atoms with Gasteiger partial charge in [-0.25, -0.2) is 0 Å². The molecule has 5 atom stereocenters. The zero-order valence-corrected chi connectivity index (χ0v) is 18.3. The van der Waals surface area contributed by atoms with E-state index in [0.29, 0.717) is 24.9 Å². The Hall–Kier alpha value is -1.62. The molecule has 2 N–H and O–H groups in total. The van der Waals surface area contributed by atoms with Crippen molar-refractivity contribution in [3.63, 3.8) is 0 Å². The summed E-state index contributed by atoms with van der Waals surface area (Å²) in [6, 6.07) is 0. The summed E-state index contributed by atoms with van der Waals surface area (Å²) in [5.41, 5.74) is 0.339. The normalized spacial score (nSPS) is 34.0. The monoisotopic (exact) mass is 406 g/mol. The lowest BCUT2D eigenvalue weighted by atomic mass is 9.46. The Bertz CT molecular complexity index is 652. The van der Waals surface area contributed by atoms with Crippen LogP contribution in [-0.2, 0) is 14.3 Å². The first-order valence-corrected chi connectivity index (χ1v) is 10.8. The molecule has 0 spiro atoms. The molecule has 164 valence electrons. The number of carboxylic acid groups (broad SMARTS) is 1. The fourth-order valence-electron chi connectivity index (χ4n) is 5.85. The summed E-state index contributed by atoms with van der Waals surface area (Å²) in [7, 11) is 0. The van der Waals surface area contributed by atoms with Crippen LogP contribution >= 0.6 is 0 Å². The third-order valence-corrected chi connectivity index (χ3v) is 7.63. The molecule has 0 aromatic heterocycles. The standard InChI is InChI=1S/C24H38O5/c1-6-23(4,28)15-12-18-17(2)8-9-19-22(3,13-7-14-24(18,19)5)16-29-21(27)11-10-20(25)26/h6,18-19,28H,1-2,7-16H2,3-5H3,(H,25,26)/t18?,19-,22-,23+,24+/m0/s1. The molecule has 0 radical (unpaired) electrons. The SMILES string of the molecule is C=C[C@@](C)(O)CCC1C(=C)CC[C@H]2[C@](C)(COC(=O)CCC(=O)O)CCC[C@]12C. The fourth-order valence-corrected chi connectivity index (χ4v) is 5.85. The minimum Gasteiger partial charge on any atom is -0.481 e. The summed E-state index contributed by atoms with van der Waals surface area (Å²) >= 11 is 0. The quantitative estimate of drug-likeness (QED) is 0.421. The molecule has 0 heterocycles. The van der Waals surface area contributed by atoms with Gasteiger partial charge >= 0.3 is 11.9 Å². The van der Waals surface area contributed by atoms with Crippen LogP contribution in [0, 0.1) is 22.7 Å². The maximum Gasteiger partial charge on any atom is 0.306 e. The van der Waals surface area contributed by atoms with Gasteiger partial charge in [0.2, 0.25) is 0 Å². The Labute approximate surface area is 175 Å². The topological polar surface area (TPSA) is 83.8 Å². The van der Waals surface area contributed by atoms with Crippen molar-refractivity contribution in [3.05, 3.63) is 24.8 Å². The van der Waals surface area contributed by atoms with Gasteiger partial charge in [-0.05, 0) is 62.7 Å². The van der Waals surface area contributed by atoms with Crippen LogP contribution in [0.25, 0.3) is 0 Å². The maximum absolute atomic E-state index is 12.0. The van der Waals surface area contributed by atoms with Gasteiger partial charge in [0.15, 0.2) is 0 Å². The smallest absolute Gasteiger partial charge is 0.306 e. The number of carboxylic acids is 1. The summed E-state index contributed by atoms with van der Waals surface area (Å²) in [6.07, 6.45) is 8.05. The number of esters is 1. The average Bonchev–Trinajstić information content (AvgIpc) is 2.64. The first-order chi connectivity index (χ1) is 13.4. The molecule has 0 aliphatic heterocycles. The molecule has 2 aliphatic rings. The summed E-state index contributed by atoms with van der Waals surface area (Å²) in [6.45, 7) is 14.8. The van der Waals surface area contributed by atoms with Gasteiger partial charge in [-0.2, -0.15) is 0 Å². The minimum atomic E-state index is -0.984. The van der Waals surface area contributed by atoms with Crippen molar-refractivity contribution >= 4 is 11.9 Å². The second-order valence-electron chi connectivity index (χ2n) is 9.97. The van der Waals surface area contributed by atoms with E-state index >= 15 is 0 Å². The molecule has 2 fully saturated rings. The van der Waals surface area contributed by atoms with Gasteiger partial charge in [0.1, 0.15) is 0 Å². The van der Waals surface area contributed by atoms with E-state index in [0.717, 1.165) is 38.5 Å². The lowest BCUT2D eigenvalue weighted by molar-refractivity contribution is -0.157. The van der Waals surface area contributed by atoms with E-state index in [1.807, 2.05) is 0 Å². The molecular formula is C24H38O5. The Kier molecular flexibility index (Phi) is 7.37. The molecule has 0 amide bonds. The van der Waals surface area contributed by atoms with E-state index in [-0.39, 0.29) is 23.7 Å². The zero-order valence-electron chi connectivity index (χ0n) is 18.3. The predicted molar refractivity (Wildman–Crippen MR) is 113 cm³/mol. The van der Waals surface area contributed by atoms with Gasteiger partial charge in [-0.3, -0.25) is 9.59 Å². The van der Waals surface area contributed by atoms with Crippen LogP contribution in [0.1, 0.15) is 78.6 Å². The van der Waals surface area contributed by atoms with Crippen molar-refractivity contribution in [2.75, 3.05) is 6.61 Å². The van der Waals surface area contributed by atoms with Crippen LogP contribution in [0.2, 0.25) is 0 Å². The van der Waals surface area contributed by atoms with Gasteiger partial charge < -0.3 is 14.9 Å². The lowest BCUT2D eigenvalue weighted by Crippen LogP contribution is -2.52. The largest absolute Gasteiger partial charge is 0.481 e. The number of carbonyl (C=O) groups is 2. The number of hydrogen-bond donors (Lipinski definition) is 2. The maximum atomic E-state index is 12.0. The number of aliphatic hydroxyl groups is 1. The van der Waals surface area contributed by atoms with Crippen molar-refractivity contribution in [2.24, 2.45) is 22.7 Å². The summed E-state index contributed by atoms with van der Waals surface area (Å²) in [5, 5.41) is 19.2. The Balaban J connectivity index is 2.12. The molecule has 1 unspecified atom stereocenters. The molecule has 0 aromatic carbocycles. The van der Waals surface area contributed by atoms with E-state index in [1.54, 1.807) is 13.0 Å². The van der Waals surface area contributed by atoms with Crippen molar-refractivity contribution < 1.29 is 24.5 Å². The lowest BCUT2D eigenvalue weighted by Gasteiger charge is -2.58. The fraction of sp³-hybridized carbons (Fsp3) is 0.750. The molecule has 0 bridgehead atoms. The van der Waals surface area contributed by atoms with Crippen molar-refractivity contribution in [2.45, 2.75) is 84.2 Å². The second kappa shape index (κ2) is 9.03. The summed E-state index contributed by atoms with van der Waals surface area (Å²) in [5.74, 6) is -0.683. The van der Waals surface area contributed by atoms with Crippen LogP contribution in [0.4, 0.5) is 0 Å². The number of fused-ring (bicyclic) bond motifs is 1. The van der Waals surface area contributed by atoms with Gasteiger partial charge in [0.25, 0.3) is 0 Å². The highest BCUT2D eigenvalue weighted by molar-refractivity contribution is 5.76. The molecule has 5 nitrogen and oxygen atoms in total. The minimum absolute atomic E-state index is 0.0626. The van der Waals surface area contributed by atoms with Crippen molar-refractivity contribution in [1.29, 1.82) is 0 Å². The van der Waals surface area contributed by atoms with Gasteiger partial charge in [0, 0.05) is 5.41 Å². The van der Waals surface area contributed by atoms with Crippen LogP contribution in [0.3, 0.4) is 0 Å². The summed E-state index contributed by atoms with van der Waals surface area (Å²) < 4.78 is 5.54. The molecule has 2 saturated carbocycles. The second-order valence-corrected chi connectivity index (χ2v) is 9.97. The first-order valence-electron chi connectivity index (χ1n) is 10.8. The van der Waals surface area contributed by atoms with Crippen molar-refractivity contribution in [3.8, 4) is 0 Å².